The maximum Gasteiger partial charge on any atom is 0.337 e. The number of carboxylic acid groups (broad SMARTS) is 1. The molecule has 0 aliphatic heterocycles. The van der Waals surface area contributed by atoms with Crippen LogP contribution in [0.25, 0.3) is 0 Å². The van der Waals surface area contributed by atoms with E-state index < -0.39 is 5.97 Å². The molecule has 0 fully saturated rings. The fourth-order valence-corrected chi connectivity index (χ4v) is 2.15. The van der Waals surface area contributed by atoms with Crippen molar-refractivity contribution in [2.45, 2.75) is 19.1 Å². The first kappa shape index (κ1) is 15.0. The van der Waals surface area contributed by atoms with E-state index in [4.69, 9.17) is 5.11 Å². The average Bonchev–Trinajstić information content (AvgIpc) is 2.28. The highest BCUT2D eigenvalue weighted by atomic mass is 79.9. The number of rotatable bonds is 5. The zero-order chi connectivity index (χ0) is 13.7. The number of carbonyl (C=O) groups is 2. The first-order valence-electron chi connectivity index (χ1n) is 5.34. The van der Waals surface area contributed by atoms with Crippen LogP contribution in [0.5, 0.6) is 0 Å². The highest BCUT2D eigenvalue weighted by molar-refractivity contribution is 9.10. The molecule has 0 spiro atoms. The molecule has 6 heteroatoms. The van der Waals surface area contributed by atoms with Crippen LogP contribution in [0.4, 0.5) is 5.69 Å². The lowest BCUT2D eigenvalue weighted by atomic mass is 10.2. The number of thioether (sulfide) groups is 1. The van der Waals surface area contributed by atoms with Crippen molar-refractivity contribution in [1.82, 2.24) is 0 Å². The second-order valence-corrected chi connectivity index (χ2v) is 6.38. The van der Waals surface area contributed by atoms with Crippen molar-refractivity contribution in [3.8, 4) is 0 Å². The van der Waals surface area contributed by atoms with E-state index in [2.05, 4.69) is 21.2 Å². The lowest BCUT2D eigenvalue weighted by Crippen LogP contribution is -2.17. The fourth-order valence-electron chi connectivity index (χ4n) is 1.23. The molecule has 4 nitrogen and oxygen atoms in total. The van der Waals surface area contributed by atoms with Gasteiger partial charge in [-0.3, -0.25) is 4.79 Å². The molecule has 0 bridgehead atoms. The van der Waals surface area contributed by atoms with Gasteiger partial charge in [0, 0.05) is 4.47 Å². The molecular weight excluding hydrogens is 318 g/mol. The summed E-state index contributed by atoms with van der Waals surface area (Å²) in [6, 6.07) is 4.73. The van der Waals surface area contributed by atoms with Gasteiger partial charge >= 0.3 is 5.97 Å². The number of halogens is 1. The summed E-state index contributed by atoms with van der Waals surface area (Å²) < 4.78 is 0.662. The fraction of sp³-hybridized carbons (Fsp3) is 0.333. The van der Waals surface area contributed by atoms with Crippen molar-refractivity contribution in [3.05, 3.63) is 28.2 Å². The molecule has 0 aliphatic carbocycles. The number of aromatic carboxylic acids is 1. The first-order valence-corrected chi connectivity index (χ1v) is 7.18. The van der Waals surface area contributed by atoms with E-state index >= 15 is 0 Å². The third-order valence-electron chi connectivity index (χ3n) is 2.03. The quantitative estimate of drug-likeness (QED) is 0.869. The Balaban J connectivity index is 2.78. The molecule has 0 radical (unpaired) electrons. The van der Waals surface area contributed by atoms with Crippen molar-refractivity contribution in [1.29, 1.82) is 0 Å². The van der Waals surface area contributed by atoms with E-state index in [0.717, 1.165) is 0 Å². The van der Waals surface area contributed by atoms with E-state index in [1.165, 1.54) is 17.8 Å². The van der Waals surface area contributed by atoms with Crippen molar-refractivity contribution in [2.75, 3.05) is 11.1 Å². The van der Waals surface area contributed by atoms with E-state index in [1.54, 1.807) is 12.1 Å². The summed E-state index contributed by atoms with van der Waals surface area (Å²) in [5, 5.41) is 12.0. The zero-order valence-electron chi connectivity index (χ0n) is 10.1. The third kappa shape index (κ3) is 4.70. The third-order valence-corrected chi connectivity index (χ3v) is 3.62. The molecule has 2 N–H and O–H groups in total. The maximum absolute atomic E-state index is 11.6. The van der Waals surface area contributed by atoms with Crippen molar-refractivity contribution in [3.63, 3.8) is 0 Å². The molecule has 1 aromatic carbocycles. The van der Waals surface area contributed by atoms with Crippen molar-refractivity contribution in [2.24, 2.45) is 0 Å². The maximum atomic E-state index is 11.6. The van der Waals surface area contributed by atoms with Crippen LogP contribution < -0.4 is 5.32 Å². The Hall–Kier alpha value is -1.01. The Morgan fingerprint density at radius 2 is 2.11 bits per heavy atom. The highest BCUT2D eigenvalue weighted by Gasteiger charge is 2.13. The smallest absolute Gasteiger partial charge is 0.337 e. The van der Waals surface area contributed by atoms with Gasteiger partial charge in [0.25, 0.3) is 0 Å². The minimum atomic E-state index is -1.07. The van der Waals surface area contributed by atoms with Gasteiger partial charge in [-0.1, -0.05) is 29.8 Å². The van der Waals surface area contributed by atoms with Gasteiger partial charge in [-0.2, -0.15) is 0 Å². The molecule has 0 aromatic heterocycles. The molecule has 1 amide bonds. The van der Waals surface area contributed by atoms with Gasteiger partial charge in [-0.15, -0.1) is 11.8 Å². The molecule has 0 heterocycles. The van der Waals surface area contributed by atoms with Gasteiger partial charge in [0.1, 0.15) is 0 Å². The molecule has 1 rings (SSSR count). The highest BCUT2D eigenvalue weighted by Crippen LogP contribution is 2.21. The second kappa shape index (κ2) is 6.80. The second-order valence-electron chi connectivity index (χ2n) is 3.90. The molecular formula is C12H14BrNO3S. The summed E-state index contributed by atoms with van der Waals surface area (Å²) >= 11 is 4.71. The lowest BCUT2D eigenvalue weighted by Gasteiger charge is -2.09. The minimum Gasteiger partial charge on any atom is -0.478 e. The number of hydrogen-bond acceptors (Lipinski definition) is 3. The summed E-state index contributed by atoms with van der Waals surface area (Å²) in [6.07, 6.45) is 0. The van der Waals surface area contributed by atoms with Crippen LogP contribution in [0.1, 0.15) is 24.2 Å². The number of nitrogens with one attached hydrogen (secondary N) is 1. The van der Waals surface area contributed by atoms with Crippen LogP contribution in [0, 0.1) is 0 Å². The number of anilines is 1. The van der Waals surface area contributed by atoms with Gasteiger partial charge in [-0.05, 0) is 23.4 Å². The first-order chi connectivity index (χ1) is 8.40. The molecule has 0 saturated carbocycles. The average molecular weight is 332 g/mol. The summed E-state index contributed by atoms with van der Waals surface area (Å²) in [4.78, 5) is 22.7. The Kier molecular flexibility index (Phi) is 5.68. The van der Waals surface area contributed by atoms with Gasteiger partial charge in [-0.25, -0.2) is 4.79 Å². The molecule has 18 heavy (non-hydrogen) atoms. The van der Waals surface area contributed by atoms with Crippen LogP contribution in [-0.2, 0) is 4.79 Å². The number of benzene rings is 1. The van der Waals surface area contributed by atoms with Crippen molar-refractivity contribution < 1.29 is 14.7 Å². The topological polar surface area (TPSA) is 66.4 Å². The van der Waals surface area contributed by atoms with Crippen LogP contribution in [0.2, 0.25) is 0 Å². The number of hydrogen-bond donors (Lipinski definition) is 2. The molecule has 0 atom stereocenters. The molecule has 0 unspecified atom stereocenters. The predicted octanol–water partition coefficient (Wildman–Crippen LogP) is 3.23. The summed E-state index contributed by atoms with van der Waals surface area (Å²) in [5.41, 5.74) is 0.396. The standard InChI is InChI=1S/C12H14BrNO3S/c1-7(2)18-6-11(15)14-10-4-3-8(13)5-9(10)12(16)17/h3-5,7H,6H2,1-2H3,(H,14,15)(H,16,17). The van der Waals surface area contributed by atoms with E-state index in [0.29, 0.717) is 21.2 Å². The van der Waals surface area contributed by atoms with Gasteiger partial charge < -0.3 is 10.4 Å². The van der Waals surface area contributed by atoms with E-state index in [-0.39, 0.29) is 11.5 Å². The van der Waals surface area contributed by atoms with Gasteiger partial charge in [0.05, 0.1) is 17.0 Å². The molecule has 0 aliphatic rings. The van der Waals surface area contributed by atoms with Gasteiger partial charge in [0.15, 0.2) is 0 Å². The Morgan fingerprint density at radius 1 is 1.44 bits per heavy atom. The predicted molar refractivity (Wildman–Crippen MR) is 77.3 cm³/mol. The number of carbonyl (C=O) groups excluding carboxylic acids is 1. The Labute approximate surface area is 118 Å². The number of amides is 1. The van der Waals surface area contributed by atoms with Crippen LogP contribution in [-0.4, -0.2) is 28.0 Å². The van der Waals surface area contributed by atoms with E-state index in [9.17, 15) is 9.59 Å². The van der Waals surface area contributed by atoms with Crippen LogP contribution >= 0.6 is 27.7 Å². The summed E-state index contributed by atoms with van der Waals surface area (Å²) in [7, 11) is 0. The normalized spacial score (nSPS) is 10.4. The van der Waals surface area contributed by atoms with Crippen LogP contribution in [0.15, 0.2) is 22.7 Å². The monoisotopic (exact) mass is 331 g/mol. The SMILES string of the molecule is CC(C)SCC(=O)Nc1ccc(Br)cc1C(=O)O. The molecule has 0 saturated heterocycles. The lowest BCUT2D eigenvalue weighted by molar-refractivity contribution is -0.113. The van der Waals surface area contributed by atoms with Crippen LogP contribution in [0.3, 0.4) is 0 Å². The zero-order valence-corrected chi connectivity index (χ0v) is 12.5. The molecule has 98 valence electrons. The number of carboxylic acids is 1. The Morgan fingerprint density at radius 3 is 2.67 bits per heavy atom. The van der Waals surface area contributed by atoms with Gasteiger partial charge in [0.2, 0.25) is 5.91 Å². The van der Waals surface area contributed by atoms with Crippen molar-refractivity contribution >= 4 is 45.3 Å². The minimum absolute atomic E-state index is 0.0762. The summed E-state index contributed by atoms with van der Waals surface area (Å²) in [6.45, 7) is 4.00. The Bertz CT molecular complexity index is 463. The van der Waals surface area contributed by atoms with E-state index in [1.807, 2.05) is 13.8 Å². The molecule has 1 aromatic rings. The largest absolute Gasteiger partial charge is 0.478 e. The summed E-state index contributed by atoms with van der Waals surface area (Å²) in [5.74, 6) is -0.950.